The fourth-order valence-electron chi connectivity index (χ4n) is 2.49. The summed E-state index contributed by atoms with van der Waals surface area (Å²) < 4.78 is 5.78. The van der Waals surface area contributed by atoms with Gasteiger partial charge in [0, 0.05) is 31.2 Å². The van der Waals surface area contributed by atoms with E-state index in [1.54, 1.807) is 0 Å². The maximum atomic E-state index is 12.5. The van der Waals surface area contributed by atoms with Gasteiger partial charge in [0.2, 0.25) is 5.91 Å². The number of carbonyl (C=O) groups excluding carboxylic acids is 1. The zero-order chi connectivity index (χ0) is 14.5. The van der Waals surface area contributed by atoms with Crippen LogP contribution in [0.3, 0.4) is 0 Å². The Morgan fingerprint density at radius 2 is 2.20 bits per heavy atom. The van der Waals surface area contributed by atoms with Crippen molar-refractivity contribution in [2.75, 3.05) is 19.6 Å². The molecule has 1 heterocycles. The molecule has 1 aliphatic rings. The first-order valence-corrected chi connectivity index (χ1v) is 7.32. The van der Waals surface area contributed by atoms with Crippen LogP contribution in [-0.4, -0.2) is 42.6 Å². The molecule has 110 valence electrons. The Morgan fingerprint density at radius 1 is 1.45 bits per heavy atom. The van der Waals surface area contributed by atoms with Crippen molar-refractivity contribution >= 4 is 5.91 Å². The summed E-state index contributed by atoms with van der Waals surface area (Å²) >= 11 is 0. The highest BCUT2D eigenvalue weighted by Crippen LogP contribution is 2.21. The molecule has 20 heavy (non-hydrogen) atoms. The first kappa shape index (κ1) is 14.9. The van der Waals surface area contributed by atoms with E-state index in [0.717, 1.165) is 30.9 Å². The third-order valence-corrected chi connectivity index (χ3v) is 3.50. The predicted molar refractivity (Wildman–Crippen MR) is 80.0 cm³/mol. The number of ether oxygens (including phenoxy) is 1. The zero-order valence-electron chi connectivity index (χ0n) is 12.6. The number of rotatable bonds is 4. The summed E-state index contributed by atoms with van der Waals surface area (Å²) in [5.74, 6) is 0.998. The van der Waals surface area contributed by atoms with Crippen LogP contribution in [0, 0.1) is 0 Å². The van der Waals surface area contributed by atoms with Crippen LogP contribution < -0.4 is 10.1 Å². The minimum Gasteiger partial charge on any atom is -0.491 e. The van der Waals surface area contributed by atoms with Gasteiger partial charge in [-0.1, -0.05) is 18.2 Å². The van der Waals surface area contributed by atoms with Crippen molar-refractivity contribution in [3.63, 3.8) is 0 Å². The number of hydrogen-bond acceptors (Lipinski definition) is 3. The van der Waals surface area contributed by atoms with E-state index in [9.17, 15) is 4.79 Å². The molecule has 0 bridgehead atoms. The molecule has 0 spiro atoms. The lowest BCUT2D eigenvalue weighted by Gasteiger charge is -2.34. The molecular formula is C16H24N2O2. The maximum absolute atomic E-state index is 12.5. The van der Waals surface area contributed by atoms with Gasteiger partial charge in [-0.05, 0) is 26.8 Å². The molecule has 0 radical (unpaired) electrons. The van der Waals surface area contributed by atoms with Gasteiger partial charge >= 0.3 is 0 Å². The van der Waals surface area contributed by atoms with Gasteiger partial charge in [0.25, 0.3) is 0 Å². The van der Waals surface area contributed by atoms with Gasteiger partial charge in [-0.3, -0.25) is 4.79 Å². The largest absolute Gasteiger partial charge is 0.491 e. The topological polar surface area (TPSA) is 41.6 Å². The van der Waals surface area contributed by atoms with Crippen LogP contribution in [0.15, 0.2) is 24.3 Å². The van der Waals surface area contributed by atoms with E-state index in [-0.39, 0.29) is 18.1 Å². The van der Waals surface area contributed by atoms with Crippen LogP contribution >= 0.6 is 0 Å². The molecule has 0 saturated carbocycles. The Bertz CT molecular complexity index is 460. The van der Waals surface area contributed by atoms with E-state index < -0.39 is 0 Å². The predicted octanol–water partition coefficient (Wildman–Crippen LogP) is 1.84. The van der Waals surface area contributed by atoms with Crippen molar-refractivity contribution in [3.8, 4) is 5.75 Å². The third-order valence-electron chi connectivity index (χ3n) is 3.50. The van der Waals surface area contributed by atoms with Gasteiger partial charge in [0.15, 0.2) is 0 Å². The molecule has 1 amide bonds. The number of hydrogen-bond donors (Lipinski definition) is 1. The summed E-state index contributed by atoms with van der Waals surface area (Å²) in [5, 5.41) is 3.30. The second-order valence-corrected chi connectivity index (χ2v) is 5.59. The average molecular weight is 276 g/mol. The molecule has 1 aliphatic heterocycles. The Hall–Kier alpha value is -1.55. The number of benzene rings is 1. The van der Waals surface area contributed by atoms with Gasteiger partial charge in [-0.25, -0.2) is 0 Å². The van der Waals surface area contributed by atoms with Crippen LogP contribution in [0.25, 0.3) is 0 Å². The van der Waals surface area contributed by atoms with E-state index in [0.29, 0.717) is 6.42 Å². The molecule has 0 aliphatic carbocycles. The minimum absolute atomic E-state index is 0.115. The van der Waals surface area contributed by atoms with E-state index in [4.69, 9.17) is 4.74 Å². The molecule has 1 fully saturated rings. The lowest BCUT2D eigenvalue weighted by Crippen LogP contribution is -2.52. The molecule has 1 aromatic carbocycles. The zero-order valence-corrected chi connectivity index (χ0v) is 12.6. The molecule has 1 N–H and O–H groups in total. The van der Waals surface area contributed by atoms with Crippen LogP contribution in [0.1, 0.15) is 26.3 Å². The summed E-state index contributed by atoms with van der Waals surface area (Å²) in [4.78, 5) is 14.4. The number of amides is 1. The van der Waals surface area contributed by atoms with Gasteiger partial charge in [0.1, 0.15) is 5.75 Å². The fraction of sp³-hybridized carbons (Fsp3) is 0.562. The first-order valence-electron chi connectivity index (χ1n) is 7.32. The molecule has 4 heteroatoms. The van der Waals surface area contributed by atoms with Gasteiger partial charge in [-0.15, -0.1) is 0 Å². The number of nitrogens with one attached hydrogen (secondary N) is 1. The van der Waals surface area contributed by atoms with Gasteiger partial charge in [0.05, 0.1) is 12.5 Å². The second kappa shape index (κ2) is 6.75. The average Bonchev–Trinajstić information content (AvgIpc) is 2.41. The molecule has 4 nitrogen and oxygen atoms in total. The minimum atomic E-state index is 0.115. The van der Waals surface area contributed by atoms with E-state index in [2.05, 4.69) is 12.2 Å². The smallest absolute Gasteiger partial charge is 0.227 e. The van der Waals surface area contributed by atoms with Crippen molar-refractivity contribution in [2.45, 2.75) is 39.3 Å². The van der Waals surface area contributed by atoms with E-state index in [1.807, 2.05) is 43.0 Å². The highest BCUT2D eigenvalue weighted by atomic mass is 16.5. The van der Waals surface area contributed by atoms with E-state index in [1.165, 1.54) is 0 Å². The summed E-state index contributed by atoms with van der Waals surface area (Å²) in [6.07, 6.45) is 0.525. The Labute approximate surface area is 121 Å². The quantitative estimate of drug-likeness (QED) is 0.912. The maximum Gasteiger partial charge on any atom is 0.227 e. The number of piperazine rings is 1. The number of carbonyl (C=O) groups is 1. The number of para-hydroxylation sites is 1. The molecule has 1 aromatic rings. The molecular weight excluding hydrogens is 252 g/mol. The van der Waals surface area contributed by atoms with Crippen LogP contribution in [0.5, 0.6) is 5.75 Å². The molecule has 0 unspecified atom stereocenters. The van der Waals surface area contributed by atoms with Crippen LogP contribution in [0.2, 0.25) is 0 Å². The Balaban J connectivity index is 2.07. The second-order valence-electron chi connectivity index (χ2n) is 5.59. The molecule has 1 saturated heterocycles. The summed E-state index contributed by atoms with van der Waals surface area (Å²) in [5.41, 5.74) is 0.969. The third kappa shape index (κ3) is 3.73. The lowest BCUT2D eigenvalue weighted by molar-refractivity contribution is -0.133. The Morgan fingerprint density at radius 3 is 2.90 bits per heavy atom. The van der Waals surface area contributed by atoms with Crippen molar-refractivity contribution in [1.82, 2.24) is 10.2 Å². The first-order chi connectivity index (χ1) is 9.58. The molecule has 0 aromatic heterocycles. The normalized spacial score (nSPS) is 19.2. The fourth-order valence-corrected chi connectivity index (χ4v) is 2.49. The summed E-state index contributed by atoms with van der Waals surface area (Å²) in [7, 11) is 0. The van der Waals surface area contributed by atoms with Crippen LogP contribution in [-0.2, 0) is 11.2 Å². The van der Waals surface area contributed by atoms with Gasteiger partial charge < -0.3 is 15.0 Å². The van der Waals surface area contributed by atoms with Crippen LogP contribution in [0.4, 0.5) is 0 Å². The van der Waals surface area contributed by atoms with Crippen molar-refractivity contribution in [2.24, 2.45) is 0 Å². The van der Waals surface area contributed by atoms with Crippen molar-refractivity contribution < 1.29 is 9.53 Å². The van der Waals surface area contributed by atoms with Crippen molar-refractivity contribution in [3.05, 3.63) is 29.8 Å². The molecule has 2 rings (SSSR count). The van der Waals surface area contributed by atoms with E-state index >= 15 is 0 Å². The summed E-state index contributed by atoms with van der Waals surface area (Å²) in [6.45, 7) is 8.61. The number of nitrogens with zero attached hydrogens (tertiary/aromatic N) is 1. The standard InChI is InChI=1S/C16H24N2O2/c1-12(2)20-15-7-5-4-6-14(15)10-16(19)18-9-8-17-11-13(18)3/h4-7,12-13,17H,8-11H2,1-3H3/t13-/m0/s1. The lowest BCUT2D eigenvalue weighted by atomic mass is 10.1. The SMILES string of the molecule is CC(C)Oc1ccccc1CC(=O)N1CCNC[C@@H]1C. The summed E-state index contributed by atoms with van der Waals surface area (Å²) in [6, 6.07) is 8.07. The highest BCUT2D eigenvalue weighted by molar-refractivity contribution is 5.80. The molecule has 1 atom stereocenters. The monoisotopic (exact) mass is 276 g/mol. The highest BCUT2D eigenvalue weighted by Gasteiger charge is 2.23. The van der Waals surface area contributed by atoms with Crippen molar-refractivity contribution in [1.29, 1.82) is 0 Å². The Kier molecular flexibility index (Phi) is 5.01. The van der Waals surface area contributed by atoms with Gasteiger partial charge in [-0.2, -0.15) is 0 Å².